The smallest absolute Gasteiger partial charge is 0.404 e. The fraction of sp³-hybridized carbons (Fsp3) is 0.417. The van der Waals surface area contributed by atoms with Crippen LogP contribution in [-0.2, 0) is 19.4 Å². The van der Waals surface area contributed by atoms with Crippen molar-refractivity contribution in [3.05, 3.63) is 34.9 Å². The van der Waals surface area contributed by atoms with Crippen molar-refractivity contribution in [3.63, 3.8) is 0 Å². The van der Waals surface area contributed by atoms with Gasteiger partial charge in [-0.2, -0.15) is 0 Å². The molecule has 1 amide bonds. The molecule has 1 aromatic rings. The Morgan fingerprint density at radius 2 is 2.06 bits per heavy atom. The molecule has 1 aromatic carbocycles. The predicted molar refractivity (Wildman–Crippen MR) is 61.6 cm³/mol. The lowest BCUT2D eigenvalue weighted by Crippen LogP contribution is -2.20. The Labute approximate surface area is 94.7 Å². The molecule has 16 heavy (non-hydrogen) atoms. The van der Waals surface area contributed by atoms with Gasteiger partial charge in [-0.05, 0) is 42.6 Å². The van der Waals surface area contributed by atoms with Gasteiger partial charge in [0.1, 0.15) is 0 Å². The van der Waals surface area contributed by atoms with Gasteiger partial charge in [0.2, 0.25) is 0 Å². The number of rotatable bonds is 2. The van der Waals surface area contributed by atoms with Crippen LogP contribution in [0.5, 0.6) is 0 Å². The van der Waals surface area contributed by atoms with E-state index in [2.05, 4.69) is 22.8 Å². The average Bonchev–Trinajstić information content (AvgIpc) is 2.50. The first-order valence-electron chi connectivity index (χ1n) is 5.54. The highest BCUT2D eigenvalue weighted by atomic mass is 16.4. The molecule has 4 nitrogen and oxygen atoms in total. The lowest BCUT2D eigenvalue weighted by atomic mass is 10.00. The minimum absolute atomic E-state index is 0.385. The third kappa shape index (κ3) is 2.73. The van der Waals surface area contributed by atoms with Gasteiger partial charge in [0, 0.05) is 6.54 Å². The van der Waals surface area contributed by atoms with Crippen molar-refractivity contribution in [2.75, 3.05) is 13.1 Å². The number of fused-ring (bicyclic) bond motifs is 1. The Bertz CT molecular complexity index is 391. The van der Waals surface area contributed by atoms with E-state index in [0.717, 1.165) is 31.5 Å². The number of benzene rings is 1. The van der Waals surface area contributed by atoms with Gasteiger partial charge in [-0.3, -0.25) is 0 Å². The van der Waals surface area contributed by atoms with Crippen LogP contribution in [0.2, 0.25) is 0 Å². The molecular formula is C12H16N2O2. The summed E-state index contributed by atoms with van der Waals surface area (Å²) in [6.07, 6.45) is 1.11. The molecule has 86 valence electrons. The third-order valence-corrected chi connectivity index (χ3v) is 2.86. The Morgan fingerprint density at radius 1 is 1.31 bits per heavy atom. The number of carboxylic acid groups (broad SMARTS) is 1. The second-order valence-corrected chi connectivity index (χ2v) is 4.01. The van der Waals surface area contributed by atoms with Gasteiger partial charge in [0.05, 0.1) is 0 Å². The van der Waals surface area contributed by atoms with Gasteiger partial charge in [-0.1, -0.05) is 18.2 Å². The topological polar surface area (TPSA) is 61.4 Å². The van der Waals surface area contributed by atoms with Gasteiger partial charge in [-0.25, -0.2) is 4.79 Å². The molecule has 0 bridgehead atoms. The molecule has 0 fully saturated rings. The molecule has 0 saturated carbocycles. The molecule has 0 aliphatic carbocycles. The fourth-order valence-corrected chi connectivity index (χ4v) is 2.01. The first kappa shape index (κ1) is 11.0. The van der Waals surface area contributed by atoms with Gasteiger partial charge in [-0.15, -0.1) is 0 Å². The monoisotopic (exact) mass is 220 g/mol. The minimum Gasteiger partial charge on any atom is -0.465 e. The molecule has 0 aromatic heterocycles. The summed E-state index contributed by atoms with van der Waals surface area (Å²) in [6, 6.07) is 6.22. The maximum absolute atomic E-state index is 10.4. The van der Waals surface area contributed by atoms with Crippen molar-refractivity contribution < 1.29 is 9.90 Å². The Morgan fingerprint density at radius 3 is 2.81 bits per heavy atom. The number of carbonyl (C=O) groups is 1. The summed E-state index contributed by atoms with van der Waals surface area (Å²) in [6.45, 7) is 2.42. The van der Waals surface area contributed by atoms with E-state index in [-0.39, 0.29) is 0 Å². The van der Waals surface area contributed by atoms with E-state index in [1.54, 1.807) is 0 Å². The third-order valence-electron chi connectivity index (χ3n) is 2.86. The van der Waals surface area contributed by atoms with Crippen LogP contribution in [0, 0.1) is 0 Å². The van der Waals surface area contributed by atoms with Crippen LogP contribution in [0.1, 0.15) is 16.7 Å². The van der Waals surface area contributed by atoms with E-state index < -0.39 is 6.09 Å². The molecule has 1 heterocycles. The highest BCUT2D eigenvalue weighted by Crippen LogP contribution is 2.15. The summed E-state index contributed by atoms with van der Waals surface area (Å²) in [5.41, 5.74) is 3.75. The van der Waals surface area contributed by atoms with Crippen LogP contribution in [0.4, 0.5) is 4.79 Å². The van der Waals surface area contributed by atoms with Crippen LogP contribution in [0.15, 0.2) is 18.2 Å². The zero-order valence-electron chi connectivity index (χ0n) is 9.12. The minimum atomic E-state index is -0.975. The lowest BCUT2D eigenvalue weighted by Gasteiger charge is -2.08. The van der Waals surface area contributed by atoms with Crippen molar-refractivity contribution in [1.29, 1.82) is 0 Å². The second-order valence-electron chi connectivity index (χ2n) is 4.01. The summed E-state index contributed by atoms with van der Waals surface area (Å²) in [5.74, 6) is 0. The van der Waals surface area contributed by atoms with Gasteiger partial charge >= 0.3 is 6.09 Å². The first-order chi connectivity index (χ1) is 7.75. The van der Waals surface area contributed by atoms with Crippen molar-refractivity contribution in [3.8, 4) is 0 Å². The summed E-state index contributed by atoms with van der Waals surface area (Å²) in [7, 11) is 0. The van der Waals surface area contributed by atoms with E-state index in [9.17, 15) is 4.79 Å². The largest absolute Gasteiger partial charge is 0.465 e. The lowest BCUT2D eigenvalue weighted by molar-refractivity contribution is 0.194. The van der Waals surface area contributed by atoms with Gasteiger partial charge in [0.25, 0.3) is 0 Å². The Hall–Kier alpha value is -1.55. The summed E-state index contributed by atoms with van der Waals surface area (Å²) in [4.78, 5) is 10.4. The normalized spacial score (nSPS) is 15.0. The summed E-state index contributed by atoms with van der Waals surface area (Å²) in [5, 5.41) is 14.3. The molecule has 0 atom stereocenters. The zero-order valence-corrected chi connectivity index (χ0v) is 9.12. The van der Waals surface area contributed by atoms with E-state index in [4.69, 9.17) is 5.11 Å². The van der Waals surface area contributed by atoms with Crippen molar-refractivity contribution in [2.45, 2.75) is 19.4 Å². The maximum atomic E-state index is 10.4. The molecular weight excluding hydrogens is 204 g/mol. The number of hydrogen-bond acceptors (Lipinski definition) is 2. The van der Waals surface area contributed by atoms with E-state index in [1.807, 2.05) is 6.07 Å². The highest BCUT2D eigenvalue weighted by Gasteiger charge is 2.08. The molecule has 4 heteroatoms. The van der Waals surface area contributed by atoms with Gasteiger partial charge in [0.15, 0.2) is 0 Å². The molecule has 1 aliphatic heterocycles. The molecule has 3 N–H and O–H groups in total. The standard InChI is InChI=1S/C12H16N2O2/c15-12(16)14-8-9-1-2-10-3-5-13-6-4-11(10)7-9/h1-2,7,13-14H,3-6,8H2,(H,15,16). The summed E-state index contributed by atoms with van der Waals surface area (Å²) >= 11 is 0. The van der Waals surface area contributed by atoms with Crippen molar-refractivity contribution in [2.24, 2.45) is 0 Å². The maximum Gasteiger partial charge on any atom is 0.404 e. The van der Waals surface area contributed by atoms with Crippen molar-refractivity contribution >= 4 is 6.09 Å². The van der Waals surface area contributed by atoms with E-state index in [0.29, 0.717) is 6.54 Å². The highest BCUT2D eigenvalue weighted by molar-refractivity contribution is 5.64. The number of amides is 1. The van der Waals surface area contributed by atoms with Gasteiger partial charge < -0.3 is 15.7 Å². The fourth-order valence-electron chi connectivity index (χ4n) is 2.01. The SMILES string of the molecule is O=C(O)NCc1ccc2c(c1)CCNCC2. The molecule has 2 rings (SSSR count). The Balaban J connectivity index is 2.11. The Kier molecular flexibility index (Phi) is 3.41. The number of nitrogens with one attached hydrogen (secondary N) is 2. The number of hydrogen-bond donors (Lipinski definition) is 3. The van der Waals surface area contributed by atoms with Crippen LogP contribution in [-0.4, -0.2) is 24.3 Å². The summed E-state index contributed by atoms with van der Waals surface area (Å²) < 4.78 is 0. The average molecular weight is 220 g/mol. The quantitative estimate of drug-likeness (QED) is 0.700. The van der Waals surface area contributed by atoms with Crippen molar-refractivity contribution in [1.82, 2.24) is 10.6 Å². The van der Waals surface area contributed by atoms with Crippen LogP contribution < -0.4 is 10.6 Å². The predicted octanol–water partition coefficient (Wildman–Crippen LogP) is 1.14. The first-order valence-corrected chi connectivity index (χ1v) is 5.54. The van der Waals surface area contributed by atoms with Crippen LogP contribution in [0.3, 0.4) is 0 Å². The zero-order chi connectivity index (χ0) is 11.4. The van der Waals surface area contributed by atoms with Crippen LogP contribution in [0.25, 0.3) is 0 Å². The second kappa shape index (κ2) is 4.99. The van der Waals surface area contributed by atoms with E-state index >= 15 is 0 Å². The van der Waals surface area contributed by atoms with E-state index in [1.165, 1.54) is 11.1 Å². The molecule has 1 aliphatic rings. The molecule has 0 radical (unpaired) electrons. The molecule has 0 unspecified atom stereocenters. The van der Waals surface area contributed by atoms with Crippen LogP contribution >= 0.6 is 0 Å². The molecule has 0 saturated heterocycles. The molecule has 0 spiro atoms.